The fraction of sp³-hybridized carbons (Fsp3) is 0.889. The Morgan fingerprint density at radius 1 is 0.895 bits per heavy atom. The standard InChI is InChI=1S/C18H30O/c1-16(2,3)19-18-13-6-5-11-17(18,4)12-7-8-15(18)14-9-10-14/h5-13H2,1-4H3/t17-,18-/m1/s1. The fourth-order valence-corrected chi connectivity index (χ4v) is 4.68. The first-order valence-corrected chi connectivity index (χ1v) is 8.28. The van der Waals surface area contributed by atoms with Crippen LogP contribution in [0.15, 0.2) is 11.1 Å². The van der Waals surface area contributed by atoms with Crippen molar-refractivity contribution in [2.45, 2.75) is 96.7 Å². The maximum atomic E-state index is 6.83. The van der Waals surface area contributed by atoms with Crippen molar-refractivity contribution in [2.24, 2.45) is 5.41 Å². The molecule has 0 bridgehead atoms. The fourth-order valence-electron chi connectivity index (χ4n) is 4.68. The van der Waals surface area contributed by atoms with Gasteiger partial charge in [-0.1, -0.05) is 25.3 Å². The summed E-state index contributed by atoms with van der Waals surface area (Å²) in [6.07, 6.45) is 12.1. The van der Waals surface area contributed by atoms with E-state index in [2.05, 4.69) is 27.7 Å². The number of hydrogen-bond donors (Lipinski definition) is 0. The third-order valence-corrected chi connectivity index (χ3v) is 5.53. The van der Waals surface area contributed by atoms with Gasteiger partial charge in [0.25, 0.3) is 0 Å². The molecule has 1 heteroatoms. The maximum absolute atomic E-state index is 6.83. The molecular weight excluding hydrogens is 232 g/mol. The highest BCUT2D eigenvalue weighted by Crippen LogP contribution is 2.60. The van der Waals surface area contributed by atoms with E-state index in [0.717, 1.165) is 0 Å². The van der Waals surface area contributed by atoms with Crippen LogP contribution in [-0.2, 0) is 4.74 Å². The van der Waals surface area contributed by atoms with Crippen LogP contribution in [0.25, 0.3) is 0 Å². The number of hydrogen-bond acceptors (Lipinski definition) is 1. The van der Waals surface area contributed by atoms with Crippen molar-refractivity contribution >= 4 is 0 Å². The lowest BCUT2D eigenvalue weighted by Crippen LogP contribution is -2.57. The lowest BCUT2D eigenvalue weighted by atomic mass is 9.55. The summed E-state index contributed by atoms with van der Waals surface area (Å²) in [7, 11) is 0. The summed E-state index contributed by atoms with van der Waals surface area (Å²) in [6, 6.07) is 0. The second kappa shape index (κ2) is 4.35. The van der Waals surface area contributed by atoms with E-state index in [1.165, 1.54) is 57.8 Å². The van der Waals surface area contributed by atoms with Crippen LogP contribution in [0.5, 0.6) is 0 Å². The van der Waals surface area contributed by atoms with Gasteiger partial charge in [-0.3, -0.25) is 0 Å². The van der Waals surface area contributed by atoms with Gasteiger partial charge in [0, 0.05) is 5.41 Å². The Labute approximate surface area is 118 Å². The van der Waals surface area contributed by atoms with Gasteiger partial charge in [-0.05, 0) is 71.3 Å². The molecule has 3 aliphatic carbocycles. The van der Waals surface area contributed by atoms with Gasteiger partial charge in [0.1, 0.15) is 0 Å². The molecule has 3 aliphatic rings. The zero-order chi connectivity index (χ0) is 13.7. The Bertz CT molecular complexity index is 390. The molecule has 3 saturated carbocycles. The summed E-state index contributed by atoms with van der Waals surface area (Å²) < 4.78 is 6.83. The van der Waals surface area contributed by atoms with E-state index in [4.69, 9.17) is 4.74 Å². The molecule has 2 atom stereocenters. The number of ether oxygens (including phenoxy) is 1. The molecule has 0 saturated heterocycles. The quantitative estimate of drug-likeness (QED) is 0.575. The van der Waals surface area contributed by atoms with Crippen molar-refractivity contribution in [3.05, 3.63) is 11.1 Å². The van der Waals surface area contributed by atoms with Crippen molar-refractivity contribution < 1.29 is 4.74 Å². The largest absolute Gasteiger partial charge is 0.364 e. The molecule has 0 aromatic rings. The minimum Gasteiger partial charge on any atom is -0.364 e. The first-order valence-electron chi connectivity index (χ1n) is 8.28. The summed E-state index contributed by atoms with van der Waals surface area (Å²) in [5.74, 6) is 0. The SMILES string of the molecule is CC(C)(C)O[C@@]12CCCC[C@]1(C)CCCC2=C1CC1. The van der Waals surface area contributed by atoms with E-state index in [1.54, 1.807) is 11.1 Å². The molecule has 0 aromatic carbocycles. The van der Waals surface area contributed by atoms with Crippen LogP contribution in [0, 0.1) is 5.41 Å². The maximum Gasteiger partial charge on any atom is 0.0954 e. The van der Waals surface area contributed by atoms with Crippen LogP contribution in [0.4, 0.5) is 0 Å². The average molecular weight is 262 g/mol. The van der Waals surface area contributed by atoms with Gasteiger partial charge in [0.15, 0.2) is 0 Å². The Balaban J connectivity index is 2.05. The normalized spacial score (nSPS) is 39.2. The van der Waals surface area contributed by atoms with Crippen molar-refractivity contribution in [1.82, 2.24) is 0 Å². The van der Waals surface area contributed by atoms with Crippen LogP contribution >= 0.6 is 0 Å². The molecule has 0 spiro atoms. The molecule has 108 valence electrons. The van der Waals surface area contributed by atoms with Gasteiger partial charge in [0.2, 0.25) is 0 Å². The topological polar surface area (TPSA) is 9.23 Å². The Hall–Kier alpha value is -0.300. The summed E-state index contributed by atoms with van der Waals surface area (Å²) >= 11 is 0. The molecule has 0 radical (unpaired) electrons. The molecule has 0 unspecified atom stereocenters. The molecule has 0 amide bonds. The molecule has 0 heterocycles. The molecule has 0 aliphatic heterocycles. The predicted molar refractivity (Wildman–Crippen MR) is 80.3 cm³/mol. The third-order valence-electron chi connectivity index (χ3n) is 5.53. The van der Waals surface area contributed by atoms with Gasteiger partial charge in [0.05, 0.1) is 11.2 Å². The lowest BCUT2D eigenvalue weighted by Gasteiger charge is -2.58. The monoisotopic (exact) mass is 262 g/mol. The molecule has 0 aromatic heterocycles. The predicted octanol–water partition coefficient (Wildman–Crippen LogP) is 5.39. The van der Waals surface area contributed by atoms with E-state index in [0.29, 0.717) is 5.41 Å². The average Bonchev–Trinajstić information content (AvgIpc) is 3.10. The van der Waals surface area contributed by atoms with Crippen molar-refractivity contribution in [3.63, 3.8) is 0 Å². The number of allylic oxidation sites excluding steroid dienone is 1. The van der Waals surface area contributed by atoms with Gasteiger partial charge in [-0.25, -0.2) is 0 Å². The lowest BCUT2D eigenvalue weighted by molar-refractivity contribution is -0.197. The molecule has 3 rings (SSSR count). The van der Waals surface area contributed by atoms with Gasteiger partial charge >= 0.3 is 0 Å². The van der Waals surface area contributed by atoms with Crippen LogP contribution in [0.1, 0.15) is 85.5 Å². The summed E-state index contributed by atoms with van der Waals surface area (Å²) in [6.45, 7) is 9.22. The van der Waals surface area contributed by atoms with Crippen molar-refractivity contribution in [1.29, 1.82) is 0 Å². The minimum atomic E-state index is -0.0311. The highest BCUT2D eigenvalue weighted by atomic mass is 16.5. The zero-order valence-corrected chi connectivity index (χ0v) is 13.3. The molecule has 3 fully saturated rings. The third kappa shape index (κ3) is 2.28. The highest BCUT2D eigenvalue weighted by molar-refractivity contribution is 5.37. The van der Waals surface area contributed by atoms with Crippen LogP contribution in [0.2, 0.25) is 0 Å². The van der Waals surface area contributed by atoms with E-state index >= 15 is 0 Å². The number of rotatable bonds is 1. The Kier molecular flexibility index (Phi) is 3.13. The van der Waals surface area contributed by atoms with E-state index < -0.39 is 0 Å². The van der Waals surface area contributed by atoms with E-state index in [9.17, 15) is 0 Å². The van der Waals surface area contributed by atoms with Gasteiger partial charge in [-0.2, -0.15) is 0 Å². The molecule has 1 nitrogen and oxygen atoms in total. The van der Waals surface area contributed by atoms with Crippen LogP contribution in [-0.4, -0.2) is 11.2 Å². The van der Waals surface area contributed by atoms with Crippen LogP contribution in [0.3, 0.4) is 0 Å². The summed E-state index contributed by atoms with van der Waals surface area (Å²) in [4.78, 5) is 0. The smallest absolute Gasteiger partial charge is 0.0954 e. The molecule has 19 heavy (non-hydrogen) atoms. The van der Waals surface area contributed by atoms with Gasteiger partial charge < -0.3 is 4.74 Å². The molecule has 0 N–H and O–H groups in total. The van der Waals surface area contributed by atoms with Crippen LogP contribution < -0.4 is 0 Å². The van der Waals surface area contributed by atoms with E-state index in [1.807, 2.05) is 0 Å². The Morgan fingerprint density at radius 2 is 1.53 bits per heavy atom. The molecular formula is C18H30O. The van der Waals surface area contributed by atoms with E-state index in [-0.39, 0.29) is 11.2 Å². The van der Waals surface area contributed by atoms with Gasteiger partial charge in [-0.15, -0.1) is 0 Å². The summed E-state index contributed by atoms with van der Waals surface area (Å²) in [5.41, 5.74) is 3.92. The highest BCUT2D eigenvalue weighted by Gasteiger charge is 2.56. The van der Waals surface area contributed by atoms with Crippen molar-refractivity contribution in [3.8, 4) is 0 Å². The first-order chi connectivity index (χ1) is 8.86. The number of fused-ring (bicyclic) bond motifs is 1. The van der Waals surface area contributed by atoms with Crippen molar-refractivity contribution in [2.75, 3.05) is 0 Å². The Morgan fingerprint density at radius 3 is 2.16 bits per heavy atom. The second-order valence-electron chi connectivity index (χ2n) is 8.24. The summed E-state index contributed by atoms with van der Waals surface area (Å²) in [5, 5.41) is 0. The second-order valence-corrected chi connectivity index (χ2v) is 8.24. The first kappa shape index (κ1) is 13.7. The zero-order valence-electron chi connectivity index (χ0n) is 13.3. The minimum absolute atomic E-state index is 0.0311.